The summed E-state index contributed by atoms with van der Waals surface area (Å²) in [6, 6.07) is 14.2. The molecule has 0 aliphatic rings. The zero-order valence-electron chi connectivity index (χ0n) is 10.0. The number of anilines is 1. The molecule has 0 saturated heterocycles. The fourth-order valence-corrected chi connectivity index (χ4v) is 2.73. The predicted octanol–water partition coefficient (Wildman–Crippen LogP) is 4.20. The van der Waals surface area contributed by atoms with Crippen LogP contribution in [0.15, 0.2) is 53.9 Å². The number of nitrogens with two attached hydrogens (primary N) is 1. The molecule has 0 bridgehead atoms. The van der Waals surface area contributed by atoms with Crippen LogP contribution in [0.5, 0.6) is 0 Å². The first-order chi connectivity index (χ1) is 9.25. The topological polar surface area (TPSA) is 38.9 Å². The second-order valence-electron chi connectivity index (χ2n) is 4.10. The summed E-state index contributed by atoms with van der Waals surface area (Å²) in [5.74, 6) is -0.260. The molecule has 2 nitrogen and oxygen atoms in total. The first kappa shape index (κ1) is 11.9. The molecule has 19 heavy (non-hydrogen) atoms. The molecule has 0 saturated carbocycles. The minimum absolute atomic E-state index is 0.260. The summed E-state index contributed by atoms with van der Waals surface area (Å²) in [5.41, 5.74) is 8.77. The van der Waals surface area contributed by atoms with Crippen LogP contribution in [0, 0.1) is 5.82 Å². The smallest absolute Gasteiger partial charge is 0.133 e. The van der Waals surface area contributed by atoms with Crippen LogP contribution in [0.4, 0.5) is 10.1 Å². The second-order valence-corrected chi connectivity index (χ2v) is 4.96. The number of rotatable bonds is 2. The lowest BCUT2D eigenvalue weighted by Crippen LogP contribution is -1.89. The van der Waals surface area contributed by atoms with Gasteiger partial charge in [0.1, 0.15) is 10.8 Å². The molecule has 1 heterocycles. The Kier molecular flexibility index (Phi) is 3.01. The maximum Gasteiger partial charge on any atom is 0.133 e. The Morgan fingerprint density at radius 2 is 1.63 bits per heavy atom. The fourth-order valence-electron chi connectivity index (χ4n) is 1.89. The van der Waals surface area contributed by atoms with Crippen LogP contribution in [-0.2, 0) is 0 Å². The zero-order chi connectivity index (χ0) is 13.2. The molecule has 94 valence electrons. The Labute approximate surface area is 114 Å². The van der Waals surface area contributed by atoms with Crippen molar-refractivity contribution >= 4 is 17.0 Å². The molecule has 3 aromatic rings. The van der Waals surface area contributed by atoms with Gasteiger partial charge in [-0.2, -0.15) is 0 Å². The van der Waals surface area contributed by atoms with Crippen molar-refractivity contribution in [3.05, 3.63) is 59.7 Å². The molecule has 0 spiro atoms. The van der Waals surface area contributed by atoms with Gasteiger partial charge in [0.05, 0.1) is 5.69 Å². The maximum absolute atomic E-state index is 13.7. The van der Waals surface area contributed by atoms with Gasteiger partial charge < -0.3 is 5.73 Å². The maximum atomic E-state index is 13.7. The Hall–Kier alpha value is -2.20. The lowest BCUT2D eigenvalue weighted by atomic mass is 10.1. The van der Waals surface area contributed by atoms with Gasteiger partial charge in [0.2, 0.25) is 0 Å². The Morgan fingerprint density at radius 3 is 2.37 bits per heavy atom. The highest BCUT2D eigenvalue weighted by molar-refractivity contribution is 7.13. The summed E-state index contributed by atoms with van der Waals surface area (Å²) in [7, 11) is 0. The fraction of sp³-hybridized carbons (Fsp3) is 0. The average Bonchev–Trinajstić information content (AvgIpc) is 2.89. The molecule has 0 unspecified atom stereocenters. The monoisotopic (exact) mass is 270 g/mol. The Bertz CT molecular complexity index is 661. The minimum atomic E-state index is -0.260. The van der Waals surface area contributed by atoms with Crippen molar-refractivity contribution in [2.45, 2.75) is 0 Å². The van der Waals surface area contributed by atoms with E-state index in [-0.39, 0.29) is 5.82 Å². The number of nitrogen functional groups attached to an aromatic ring is 1. The summed E-state index contributed by atoms with van der Waals surface area (Å²) in [4.78, 5) is 4.47. The molecule has 0 aliphatic heterocycles. The SMILES string of the molecule is Nc1ccccc1-c1csc(-c2ccccc2F)n1. The first-order valence-corrected chi connectivity index (χ1v) is 6.69. The van der Waals surface area contributed by atoms with Crippen LogP contribution in [0.3, 0.4) is 0 Å². The van der Waals surface area contributed by atoms with E-state index in [1.54, 1.807) is 18.2 Å². The van der Waals surface area contributed by atoms with Crippen LogP contribution >= 0.6 is 11.3 Å². The van der Waals surface area contributed by atoms with Crippen molar-refractivity contribution in [1.29, 1.82) is 0 Å². The molecule has 0 radical (unpaired) electrons. The van der Waals surface area contributed by atoms with E-state index in [1.807, 2.05) is 29.6 Å². The molecular weight excluding hydrogens is 259 g/mol. The summed E-state index contributed by atoms with van der Waals surface area (Å²) in [5, 5.41) is 2.56. The second kappa shape index (κ2) is 4.82. The van der Waals surface area contributed by atoms with Crippen LogP contribution in [0.2, 0.25) is 0 Å². The number of hydrogen-bond acceptors (Lipinski definition) is 3. The molecule has 1 aromatic heterocycles. The lowest BCUT2D eigenvalue weighted by Gasteiger charge is -2.01. The van der Waals surface area contributed by atoms with E-state index in [2.05, 4.69) is 4.98 Å². The van der Waals surface area contributed by atoms with Gasteiger partial charge in [-0.3, -0.25) is 0 Å². The van der Waals surface area contributed by atoms with E-state index in [4.69, 9.17) is 5.73 Å². The van der Waals surface area contributed by atoms with Gasteiger partial charge in [-0.25, -0.2) is 9.37 Å². The highest BCUT2D eigenvalue weighted by Crippen LogP contribution is 2.32. The van der Waals surface area contributed by atoms with Crippen molar-refractivity contribution < 1.29 is 4.39 Å². The summed E-state index contributed by atoms with van der Waals surface area (Å²) >= 11 is 1.41. The van der Waals surface area contributed by atoms with Crippen molar-refractivity contribution in [1.82, 2.24) is 4.98 Å². The molecule has 3 rings (SSSR count). The highest BCUT2D eigenvalue weighted by atomic mass is 32.1. The van der Waals surface area contributed by atoms with Gasteiger partial charge in [0, 0.05) is 22.2 Å². The molecule has 4 heteroatoms. The van der Waals surface area contributed by atoms with Gasteiger partial charge in [0.25, 0.3) is 0 Å². The number of halogens is 1. The van der Waals surface area contributed by atoms with Gasteiger partial charge in [-0.05, 0) is 18.2 Å². The average molecular weight is 270 g/mol. The van der Waals surface area contributed by atoms with E-state index in [0.29, 0.717) is 16.3 Å². The normalized spacial score (nSPS) is 10.6. The molecule has 0 atom stereocenters. The largest absolute Gasteiger partial charge is 0.398 e. The molecule has 0 fully saturated rings. The number of benzene rings is 2. The third-order valence-corrected chi connectivity index (χ3v) is 3.72. The van der Waals surface area contributed by atoms with Crippen molar-refractivity contribution in [3.8, 4) is 21.8 Å². The zero-order valence-corrected chi connectivity index (χ0v) is 10.8. The summed E-state index contributed by atoms with van der Waals surface area (Å²) in [6.07, 6.45) is 0. The number of thiazole rings is 1. The van der Waals surface area contributed by atoms with E-state index in [9.17, 15) is 4.39 Å². The van der Waals surface area contributed by atoms with Gasteiger partial charge >= 0.3 is 0 Å². The van der Waals surface area contributed by atoms with Crippen LogP contribution < -0.4 is 5.73 Å². The van der Waals surface area contributed by atoms with Gasteiger partial charge in [-0.1, -0.05) is 30.3 Å². The lowest BCUT2D eigenvalue weighted by molar-refractivity contribution is 0.631. The van der Waals surface area contributed by atoms with Crippen molar-refractivity contribution in [2.75, 3.05) is 5.73 Å². The third-order valence-electron chi connectivity index (χ3n) is 2.85. The van der Waals surface area contributed by atoms with Crippen molar-refractivity contribution in [2.24, 2.45) is 0 Å². The number of nitrogens with zero attached hydrogens (tertiary/aromatic N) is 1. The molecule has 2 aromatic carbocycles. The van der Waals surface area contributed by atoms with Gasteiger partial charge in [-0.15, -0.1) is 11.3 Å². The first-order valence-electron chi connectivity index (χ1n) is 5.81. The van der Waals surface area contributed by atoms with Crippen LogP contribution in [-0.4, -0.2) is 4.98 Å². The standard InChI is InChI=1S/C15H11FN2S/c16-12-7-3-1-5-10(12)15-18-14(9-19-15)11-6-2-4-8-13(11)17/h1-9H,17H2. The minimum Gasteiger partial charge on any atom is -0.398 e. The summed E-state index contributed by atoms with van der Waals surface area (Å²) < 4.78 is 13.7. The van der Waals surface area contributed by atoms with E-state index >= 15 is 0 Å². The van der Waals surface area contributed by atoms with E-state index < -0.39 is 0 Å². The quantitative estimate of drug-likeness (QED) is 0.709. The highest BCUT2D eigenvalue weighted by Gasteiger charge is 2.11. The number of hydrogen-bond donors (Lipinski definition) is 1. The van der Waals surface area contributed by atoms with E-state index in [1.165, 1.54) is 17.4 Å². The molecule has 2 N–H and O–H groups in total. The Balaban J connectivity index is 2.06. The molecular formula is C15H11FN2S. The third kappa shape index (κ3) is 2.22. The van der Waals surface area contributed by atoms with Crippen molar-refractivity contribution in [3.63, 3.8) is 0 Å². The summed E-state index contributed by atoms with van der Waals surface area (Å²) in [6.45, 7) is 0. The predicted molar refractivity (Wildman–Crippen MR) is 77.4 cm³/mol. The Morgan fingerprint density at radius 1 is 0.947 bits per heavy atom. The molecule has 0 aliphatic carbocycles. The molecule has 0 amide bonds. The van der Waals surface area contributed by atoms with Crippen LogP contribution in [0.25, 0.3) is 21.8 Å². The number of para-hydroxylation sites is 1. The van der Waals surface area contributed by atoms with Gasteiger partial charge in [0.15, 0.2) is 0 Å². The van der Waals surface area contributed by atoms with Crippen LogP contribution in [0.1, 0.15) is 0 Å². The van der Waals surface area contributed by atoms with E-state index in [0.717, 1.165) is 11.3 Å². The number of aromatic nitrogens is 1.